The summed E-state index contributed by atoms with van der Waals surface area (Å²) in [4.78, 5) is 4.18. The van der Waals surface area contributed by atoms with Crippen LogP contribution in [0.15, 0.2) is 18.3 Å². The molecule has 0 aliphatic heterocycles. The highest BCUT2D eigenvalue weighted by Gasteiger charge is 2.34. The van der Waals surface area contributed by atoms with Gasteiger partial charge in [0.1, 0.15) is 4.75 Å². The second-order valence-electron chi connectivity index (χ2n) is 6.62. The van der Waals surface area contributed by atoms with Crippen LogP contribution in [0.4, 0.5) is 8.78 Å². The average Bonchev–Trinajstić information content (AvgIpc) is 2.52. The van der Waals surface area contributed by atoms with Gasteiger partial charge in [-0.3, -0.25) is 0 Å². The molecule has 132 valence electrons. The maximum atomic E-state index is 13.8. The topological polar surface area (TPSA) is 48.4 Å². The second-order valence-corrected chi connectivity index (χ2v) is 8.92. The van der Waals surface area contributed by atoms with Crippen molar-refractivity contribution in [3.8, 4) is 5.88 Å². The van der Waals surface area contributed by atoms with Crippen LogP contribution >= 0.6 is 0 Å². The zero-order valence-electron chi connectivity index (χ0n) is 14.7. The van der Waals surface area contributed by atoms with Crippen LogP contribution in [0.25, 0.3) is 10.8 Å². The van der Waals surface area contributed by atoms with E-state index in [0.717, 1.165) is 12.1 Å². The standard InChI is InChI=1S/C17H22F2N2O2S/c1-10(21(5)24(22)17(2,3)4)13-9-20-16(23-6)12-8-15(19)14(18)7-11(12)13/h7-10H,1-6H3/t10-,24?/m0/s1. The Morgan fingerprint density at radius 3 is 2.25 bits per heavy atom. The molecule has 0 fully saturated rings. The molecule has 0 bridgehead atoms. The third kappa shape index (κ3) is 3.48. The van der Waals surface area contributed by atoms with E-state index in [2.05, 4.69) is 4.98 Å². The summed E-state index contributed by atoms with van der Waals surface area (Å²) in [5.74, 6) is -1.68. The zero-order valence-corrected chi connectivity index (χ0v) is 15.5. The van der Waals surface area contributed by atoms with Gasteiger partial charge in [0.2, 0.25) is 5.88 Å². The second kappa shape index (κ2) is 6.82. The summed E-state index contributed by atoms with van der Waals surface area (Å²) >= 11 is -1.27. The number of hydrogen-bond acceptors (Lipinski definition) is 4. The monoisotopic (exact) mass is 356 g/mol. The molecule has 0 amide bonds. The fourth-order valence-electron chi connectivity index (χ4n) is 2.50. The highest BCUT2D eigenvalue weighted by atomic mass is 32.2. The van der Waals surface area contributed by atoms with Crippen molar-refractivity contribution in [2.45, 2.75) is 38.5 Å². The van der Waals surface area contributed by atoms with Crippen LogP contribution in [0.1, 0.15) is 39.3 Å². The molecule has 0 aliphatic carbocycles. The third-order valence-corrected chi connectivity index (χ3v) is 5.78. The van der Waals surface area contributed by atoms with E-state index in [0.29, 0.717) is 16.3 Å². The lowest BCUT2D eigenvalue weighted by molar-refractivity contribution is 0.381. The number of ether oxygens (including phenoxy) is 1. The molecule has 24 heavy (non-hydrogen) atoms. The van der Waals surface area contributed by atoms with Crippen molar-refractivity contribution in [1.29, 1.82) is 0 Å². The predicted molar refractivity (Wildman–Crippen MR) is 92.3 cm³/mol. The molecular weight excluding hydrogens is 334 g/mol. The number of nitrogens with zero attached hydrogens (tertiary/aromatic N) is 2. The molecule has 1 aromatic carbocycles. The fraction of sp³-hybridized carbons (Fsp3) is 0.471. The molecule has 0 spiro atoms. The molecule has 1 unspecified atom stereocenters. The highest BCUT2D eigenvalue weighted by molar-refractivity contribution is 7.90. The molecular formula is C17H22F2N2O2S. The van der Waals surface area contributed by atoms with Gasteiger partial charge in [-0.2, -0.15) is 0 Å². The molecule has 2 atom stereocenters. The first-order valence-electron chi connectivity index (χ1n) is 7.54. The lowest BCUT2D eigenvalue weighted by atomic mass is 10.0. The van der Waals surface area contributed by atoms with Crippen LogP contribution in [-0.2, 0) is 11.4 Å². The van der Waals surface area contributed by atoms with Crippen LogP contribution in [0.5, 0.6) is 5.88 Å². The average molecular weight is 356 g/mol. The molecule has 0 saturated carbocycles. The van der Waals surface area contributed by atoms with E-state index >= 15 is 0 Å². The Morgan fingerprint density at radius 2 is 1.75 bits per heavy atom. The minimum atomic E-state index is -1.27. The van der Waals surface area contributed by atoms with E-state index < -0.39 is 27.7 Å². The summed E-state index contributed by atoms with van der Waals surface area (Å²) in [6.45, 7) is 7.50. The number of methoxy groups -OCH3 is 1. The first-order valence-corrected chi connectivity index (χ1v) is 8.65. The SMILES string of the molecule is COc1ncc([C@H](C)N(C)[S+]([O-])C(C)(C)C)c2cc(F)c(F)cc12. The van der Waals surface area contributed by atoms with Crippen molar-refractivity contribution in [2.75, 3.05) is 14.2 Å². The molecule has 7 heteroatoms. The van der Waals surface area contributed by atoms with Gasteiger partial charge in [0.15, 0.2) is 11.6 Å². The normalized spacial score (nSPS) is 14.9. The molecule has 2 aromatic rings. The van der Waals surface area contributed by atoms with E-state index in [9.17, 15) is 13.3 Å². The number of aromatic nitrogens is 1. The summed E-state index contributed by atoms with van der Waals surface area (Å²) in [5, 5.41) is 0.877. The molecule has 0 saturated heterocycles. The number of halogens is 2. The van der Waals surface area contributed by atoms with Gasteiger partial charge in [-0.25, -0.2) is 13.8 Å². The van der Waals surface area contributed by atoms with Gasteiger partial charge in [-0.15, -0.1) is 4.31 Å². The Morgan fingerprint density at radius 1 is 1.21 bits per heavy atom. The van der Waals surface area contributed by atoms with Gasteiger partial charge >= 0.3 is 0 Å². The lowest BCUT2D eigenvalue weighted by Gasteiger charge is -2.34. The molecule has 0 radical (unpaired) electrons. The molecule has 2 rings (SSSR count). The van der Waals surface area contributed by atoms with Gasteiger partial charge in [-0.1, -0.05) is 0 Å². The fourth-order valence-corrected chi connectivity index (χ4v) is 3.76. The smallest absolute Gasteiger partial charge is 0.221 e. The van der Waals surface area contributed by atoms with Crippen LogP contribution in [0.2, 0.25) is 0 Å². The maximum Gasteiger partial charge on any atom is 0.221 e. The quantitative estimate of drug-likeness (QED) is 0.778. The molecule has 0 aliphatic rings. The van der Waals surface area contributed by atoms with E-state index in [1.54, 1.807) is 17.5 Å². The maximum absolute atomic E-state index is 13.8. The lowest BCUT2D eigenvalue weighted by Crippen LogP contribution is -2.41. The summed E-state index contributed by atoms with van der Waals surface area (Å²) < 4.78 is 46.4. The Hall–Kier alpha value is -1.44. The van der Waals surface area contributed by atoms with Crippen molar-refractivity contribution >= 4 is 22.1 Å². The van der Waals surface area contributed by atoms with Crippen molar-refractivity contribution in [3.05, 3.63) is 35.5 Å². The van der Waals surface area contributed by atoms with Crippen molar-refractivity contribution in [3.63, 3.8) is 0 Å². The third-order valence-electron chi connectivity index (χ3n) is 3.90. The van der Waals surface area contributed by atoms with Crippen molar-refractivity contribution in [1.82, 2.24) is 9.29 Å². The number of fused-ring (bicyclic) bond motifs is 1. The summed E-state index contributed by atoms with van der Waals surface area (Å²) in [7, 11) is 3.16. The molecule has 0 N–H and O–H groups in total. The first kappa shape index (κ1) is 18.9. The Balaban J connectivity index is 2.58. The Kier molecular flexibility index (Phi) is 5.37. The van der Waals surface area contributed by atoms with Crippen molar-refractivity contribution in [2.24, 2.45) is 0 Å². The zero-order chi connectivity index (χ0) is 18.2. The van der Waals surface area contributed by atoms with Crippen LogP contribution < -0.4 is 4.74 Å². The van der Waals surface area contributed by atoms with Gasteiger partial charge in [-0.05, 0) is 45.2 Å². The largest absolute Gasteiger partial charge is 0.597 e. The van der Waals surface area contributed by atoms with Gasteiger partial charge in [0.25, 0.3) is 0 Å². The summed E-state index contributed by atoms with van der Waals surface area (Å²) in [5.41, 5.74) is 0.657. The van der Waals surface area contributed by atoms with Gasteiger partial charge < -0.3 is 9.29 Å². The molecule has 4 nitrogen and oxygen atoms in total. The molecule has 1 heterocycles. The summed E-state index contributed by atoms with van der Waals surface area (Å²) in [6, 6.07) is 1.90. The minimum absolute atomic E-state index is 0.222. The van der Waals surface area contributed by atoms with E-state index in [1.807, 2.05) is 27.7 Å². The van der Waals surface area contributed by atoms with Gasteiger partial charge in [0.05, 0.1) is 13.2 Å². The van der Waals surface area contributed by atoms with Gasteiger partial charge in [0, 0.05) is 35.6 Å². The van der Waals surface area contributed by atoms with E-state index in [4.69, 9.17) is 4.74 Å². The van der Waals surface area contributed by atoms with Crippen LogP contribution in [0.3, 0.4) is 0 Å². The first-order chi connectivity index (χ1) is 11.1. The van der Waals surface area contributed by atoms with E-state index in [1.165, 1.54) is 7.11 Å². The predicted octanol–water partition coefficient (Wildman–Crippen LogP) is 3.98. The number of rotatable bonds is 4. The van der Waals surface area contributed by atoms with Crippen LogP contribution in [-0.4, -0.2) is 32.7 Å². The number of hydrogen-bond donors (Lipinski definition) is 0. The minimum Gasteiger partial charge on any atom is -0.597 e. The van der Waals surface area contributed by atoms with Crippen LogP contribution in [0, 0.1) is 11.6 Å². The van der Waals surface area contributed by atoms with E-state index in [-0.39, 0.29) is 11.9 Å². The number of pyridine rings is 1. The van der Waals surface area contributed by atoms with Crippen molar-refractivity contribution < 1.29 is 18.1 Å². The Bertz CT molecular complexity index is 749. The highest BCUT2D eigenvalue weighted by Crippen LogP contribution is 2.35. The molecule has 1 aromatic heterocycles. The Labute approximate surface area is 144 Å². The summed E-state index contributed by atoms with van der Waals surface area (Å²) in [6.07, 6.45) is 1.56. The number of benzene rings is 1.